The zero-order valence-electron chi connectivity index (χ0n) is 17.4. The van der Waals surface area contributed by atoms with Crippen molar-refractivity contribution in [1.29, 1.82) is 0 Å². The second-order valence-electron chi connectivity index (χ2n) is 8.22. The van der Waals surface area contributed by atoms with Gasteiger partial charge in [-0.15, -0.1) is 0 Å². The highest BCUT2D eigenvalue weighted by Gasteiger charge is 2.39. The van der Waals surface area contributed by atoms with Crippen molar-refractivity contribution in [1.82, 2.24) is 0 Å². The Morgan fingerprint density at radius 3 is 1.97 bits per heavy atom. The largest absolute Gasteiger partial charge is 0.345 e. The van der Waals surface area contributed by atoms with E-state index in [1.165, 1.54) is 33.8 Å². The van der Waals surface area contributed by atoms with Crippen LogP contribution in [0.25, 0.3) is 0 Å². The van der Waals surface area contributed by atoms with Gasteiger partial charge in [-0.25, -0.2) is 0 Å². The van der Waals surface area contributed by atoms with Crippen LogP contribution in [0.5, 0.6) is 0 Å². The van der Waals surface area contributed by atoms with Crippen LogP contribution in [0, 0.1) is 0 Å². The van der Waals surface area contributed by atoms with Gasteiger partial charge in [0.1, 0.15) is 6.17 Å². The van der Waals surface area contributed by atoms with Crippen molar-refractivity contribution in [3.8, 4) is 0 Å². The first-order valence-electron chi connectivity index (χ1n) is 11.0. The van der Waals surface area contributed by atoms with Crippen molar-refractivity contribution in [2.45, 2.75) is 19.1 Å². The number of hydrogen-bond donors (Lipinski definition) is 0. The summed E-state index contributed by atoms with van der Waals surface area (Å²) in [5, 5.41) is 4.94. The Morgan fingerprint density at radius 2 is 1.19 bits per heavy atom. The molecule has 0 saturated heterocycles. The molecule has 0 aliphatic carbocycles. The molecule has 152 valence electrons. The summed E-state index contributed by atoms with van der Waals surface area (Å²) in [6.45, 7) is 1.83. The van der Waals surface area contributed by atoms with Crippen LogP contribution >= 0.6 is 0 Å². The molecule has 0 N–H and O–H groups in total. The van der Waals surface area contributed by atoms with E-state index < -0.39 is 0 Å². The average Bonchev–Trinajstić information content (AvgIpc) is 3.00. The first kappa shape index (κ1) is 18.1. The van der Waals surface area contributed by atoms with Crippen molar-refractivity contribution in [3.05, 3.63) is 126 Å². The third-order valence-electron chi connectivity index (χ3n) is 6.44. The van der Waals surface area contributed by atoms with Gasteiger partial charge in [-0.1, -0.05) is 78.9 Å². The fourth-order valence-electron chi connectivity index (χ4n) is 5.03. The predicted octanol–water partition coefficient (Wildman–Crippen LogP) is 6.19. The van der Waals surface area contributed by atoms with Crippen molar-refractivity contribution < 1.29 is 0 Å². The van der Waals surface area contributed by atoms with Crippen LogP contribution in [0.2, 0.25) is 0 Å². The Bertz CT molecular complexity index is 1190. The van der Waals surface area contributed by atoms with E-state index in [1.54, 1.807) is 0 Å². The van der Waals surface area contributed by atoms with Gasteiger partial charge in [-0.3, -0.25) is 10.0 Å². The molecule has 0 amide bonds. The summed E-state index contributed by atoms with van der Waals surface area (Å²) in [5.74, 6) is 0. The van der Waals surface area contributed by atoms with Gasteiger partial charge in [0.15, 0.2) is 0 Å². The molecule has 0 radical (unpaired) electrons. The normalized spacial score (nSPS) is 17.4. The van der Waals surface area contributed by atoms with E-state index in [4.69, 9.17) is 0 Å². The summed E-state index contributed by atoms with van der Waals surface area (Å²) < 4.78 is 0. The third kappa shape index (κ3) is 3.05. The number of rotatable bonds is 2. The molecule has 3 nitrogen and oxygen atoms in total. The Kier molecular flexibility index (Phi) is 4.38. The maximum absolute atomic E-state index is 2.59. The molecule has 4 aromatic carbocycles. The molecular weight excluding hydrogens is 378 g/mol. The van der Waals surface area contributed by atoms with Gasteiger partial charge in [0, 0.05) is 12.2 Å². The van der Waals surface area contributed by atoms with Gasteiger partial charge < -0.3 is 4.90 Å². The fraction of sp³-hybridized carbons (Fsp3) is 0.143. The van der Waals surface area contributed by atoms with Gasteiger partial charge in [0.05, 0.1) is 17.9 Å². The van der Waals surface area contributed by atoms with Crippen LogP contribution in [0.4, 0.5) is 17.1 Å². The van der Waals surface area contributed by atoms with Gasteiger partial charge in [0.25, 0.3) is 0 Å². The van der Waals surface area contributed by atoms with Crippen LogP contribution in [0.15, 0.2) is 109 Å². The number of fused-ring (bicyclic) bond motifs is 5. The minimum atomic E-state index is 0.0937. The number of hydrogen-bond acceptors (Lipinski definition) is 3. The lowest BCUT2D eigenvalue weighted by atomic mass is 9.95. The lowest BCUT2D eigenvalue weighted by Crippen LogP contribution is -2.51. The number of anilines is 3. The Balaban J connectivity index is 1.63. The number of benzene rings is 4. The van der Waals surface area contributed by atoms with E-state index in [0.29, 0.717) is 0 Å². The average molecular weight is 404 g/mol. The zero-order chi connectivity index (χ0) is 20.6. The molecule has 0 spiro atoms. The minimum Gasteiger partial charge on any atom is -0.345 e. The molecule has 0 fully saturated rings. The van der Waals surface area contributed by atoms with Gasteiger partial charge in [0.2, 0.25) is 0 Å². The molecule has 0 aromatic heterocycles. The van der Waals surface area contributed by atoms with Crippen LogP contribution in [0.3, 0.4) is 0 Å². The first-order valence-corrected chi connectivity index (χ1v) is 11.0. The summed E-state index contributed by atoms with van der Waals surface area (Å²) in [6, 6.07) is 39.4. The van der Waals surface area contributed by atoms with E-state index in [9.17, 15) is 0 Å². The van der Waals surface area contributed by atoms with Crippen molar-refractivity contribution >= 4 is 17.1 Å². The molecule has 2 heterocycles. The Morgan fingerprint density at radius 1 is 0.581 bits per heavy atom. The van der Waals surface area contributed by atoms with Crippen LogP contribution in [0.1, 0.15) is 22.9 Å². The highest BCUT2D eigenvalue weighted by Crippen LogP contribution is 2.44. The topological polar surface area (TPSA) is 9.72 Å². The quantitative estimate of drug-likeness (QED) is 0.395. The highest BCUT2D eigenvalue weighted by molar-refractivity contribution is 5.68. The van der Waals surface area contributed by atoms with E-state index in [0.717, 1.165) is 19.5 Å². The summed E-state index contributed by atoms with van der Waals surface area (Å²) in [7, 11) is 0. The number of para-hydroxylation sites is 3. The first-order chi connectivity index (χ1) is 15.4. The molecular formula is C28H25N3. The molecule has 3 heteroatoms. The summed E-state index contributed by atoms with van der Waals surface area (Å²) in [6.07, 6.45) is 1.16. The monoisotopic (exact) mass is 403 g/mol. The summed E-state index contributed by atoms with van der Waals surface area (Å²) >= 11 is 0. The lowest BCUT2D eigenvalue weighted by molar-refractivity contribution is 0.537. The fourth-order valence-corrected chi connectivity index (χ4v) is 5.03. The molecule has 0 bridgehead atoms. The second kappa shape index (κ2) is 7.51. The maximum Gasteiger partial charge on any atom is 0.148 e. The highest BCUT2D eigenvalue weighted by atomic mass is 15.7. The van der Waals surface area contributed by atoms with Crippen molar-refractivity contribution in [2.24, 2.45) is 0 Å². The summed E-state index contributed by atoms with van der Waals surface area (Å²) in [4.78, 5) is 2.59. The Hall–Kier alpha value is -3.72. The molecule has 1 atom stereocenters. The lowest BCUT2D eigenvalue weighted by Gasteiger charge is -2.48. The van der Waals surface area contributed by atoms with Crippen LogP contribution in [-0.2, 0) is 13.0 Å². The molecule has 1 unspecified atom stereocenters. The molecule has 2 aliphatic heterocycles. The molecule has 0 saturated carbocycles. The molecule has 31 heavy (non-hydrogen) atoms. The van der Waals surface area contributed by atoms with Crippen molar-refractivity contribution in [3.63, 3.8) is 0 Å². The number of hydrazine groups is 1. The van der Waals surface area contributed by atoms with Crippen molar-refractivity contribution in [2.75, 3.05) is 21.5 Å². The van der Waals surface area contributed by atoms with Gasteiger partial charge in [-0.2, -0.15) is 0 Å². The van der Waals surface area contributed by atoms with E-state index in [1.807, 2.05) is 0 Å². The van der Waals surface area contributed by atoms with Gasteiger partial charge >= 0.3 is 0 Å². The SMILES string of the molecule is c1ccc(N2Cc3ccccc3N3CCc4ccccc4C3N2c2ccccc2)cc1. The minimum absolute atomic E-state index is 0.0937. The standard InChI is InChI=1S/C28H25N3/c1-3-13-24(14-4-1)30-21-23-12-8-10-18-27(23)29-20-19-22-11-7-9-17-26(22)28(29)31(30)25-15-5-2-6-16-25/h1-18,28H,19-21H2. The smallest absolute Gasteiger partial charge is 0.148 e. The summed E-state index contributed by atoms with van der Waals surface area (Å²) in [5.41, 5.74) is 7.92. The van der Waals surface area contributed by atoms with Crippen LogP contribution < -0.4 is 14.9 Å². The molecule has 4 aromatic rings. The number of nitrogens with zero attached hydrogens (tertiary/aromatic N) is 3. The second-order valence-corrected chi connectivity index (χ2v) is 8.22. The van der Waals surface area contributed by atoms with E-state index in [2.05, 4.69) is 124 Å². The zero-order valence-corrected chi connectivity index (χ0v) is 17.4. The van der Waals surface area contributed by atoms with Crippen LogP contribution in [-0.4, -0.2) is 6.54 Å². The molecule has 2 aliphatic rings. The Labute approximate surface area is 183 Å². The third-order valence-corrected chi connectivity index (χ3v) is 6.44. The maximum atomic E-state index is 2.59. The van der Waals surface area contributed by atoms with E-state index in [-0.39, 0.29) is 6.17 Å². The molecule has 6 rings (SSSR count). The predicted molar refractivity (Wildman–Crippen MR) is 128 cm³/mol. The van der Waals surface area contributed by atoms with E-state index >= 15 is 0 Å². The van der Waals surface area contributed by atoms with Gasteiger partial charge in [-0.05, 0) is 53.4 Å².